The van der Waals surface area contributed by atoms with Crippen molar-refractivity contribution < 1.29 is 8.78 Å². The summed E-state index contributed by atoms with van der Waals surface area (Å²) in [6, 6.07) is 6.00. The minimum Gasteiger partial charge on any atom is -0.382 e. The lowest BCUT2D eigenvalue weighted by Crippen LogP contribution is -2.16. The van der Waals surface area contributed by atoms with E-state index >= 15 is 0 Å². The van der Waals surface area contributed by atoms with E-state index in [1.807, 2.05) is 13.8 Å². The molecule has 4 N–H and O–H groups in total. The summed E-state index contributed by atoms with van der Waals surface area (Å²) >= 11 is 0. The van der Waals surface area contributed by atoms with Crippen LogP contribution in [0.2, 0.25) is 0 Å². The van der Waals surface area contributed by atoms with Crippen LogP contribution in [0.5, 0.6) is 0 Å². The van der Waals surface area contributed by atoms with E-state index in [4.69, 9.17) is 11.6 Å². The van der Waals surface area contributed by atoms with Crippen molar-refractivity contribution >= 4 is 5.82 Å². The molecule has 102 valence electrons. The molecule has 19 heavy (non-hydrogen) atoms. The molecule has 0 aliphatic heterocycles. The number of nitrogens with two attached hydrogens (primary N) is 2. The SMILES string of the molecule is CC(C)c1nc(-c2cccc(C(F)F)c2)c(N)n1N. The van der Waals surface area contributed by atoms with E-state index in [1.54, 1.807) is 12.1 Å². The summed E-state index contributed by atoms with van der Waals surface area (Å²) in [5.41, 5.74) is 6.81. The van der Waals surface area contributed by atoms with Gasteiger partial charge in [-0.3, -0.25) is 0 Å². The molecule has 1 aromatic carbocycles. The summed E-state index contributed by atoms with van der Waals surface area (Å²) in [7, 11) is 0. The highest BCUT2D eigenvalue weighted by molar-refractivity contribution is 5.71. The summed E-state index contributed by atoms with van der Waals surface area (Å²) in [6.07, 6.45) is -2.52. The number of imidazole rings is 1. The van der Waals surface area contributed by atoms with E-state index in [9.17, 15) is 8.78 Å². The zero-order chi connectivity index (χ0) is 14.2. The van der Waals surface area contributed by atoms with Crippen LogP contribution in [0.1, 0.15) is 37.6 Å². The third-order valence-corrected chi connectivity index (χ3v) is 2.90. The molecule has 0 saturated heterocycles. The number of rotatable bonds is 3. The molecule has 0 bridgehead atoms. The van der Waals surface area contributed by atoms with Crippen LogP contribution in [0.4, 0.5) is 14.6 Å². The molecule has 0 amide bonds. The Morgan fingerprint density at radius 2 is 1.95 bits per heavy atom. The van der Waals surface area contributed by atoms with Gasteiger partial charge < -0.3 is 11.6 Å². The second-order valence-corrected chi connectivity index (χ2v) is 4.65. The minimum absolute atomic E-state index is 0.0606. The van der Waals surface area contributed by atoms with Gasteiger partial charge in [-0.2, -0.15) is 0 Å². The van der Waals surface area contributed by atoms with E-state index in [-0.39, 0.29) is 17.3 Å². The minimum atomic E-state index is -2.52. The highest BCUT2D eigenvalue weighted by Crippen LogP contribution is 2.30. The molecular weight excluding hydrogens is 250 g/mol. The summed E-state index contributed by atoms with van der Waals surface area (Å²) < 4.78 is 26.7. The monoisotopic (exact) mass is 266 g/mol. The fourth-order valence-electron chi connectivity index (χ4n) is 1.90. The van der Waals surface area contributed by atoms with Gasteiger partial charge in [0.25, 0.3) is 6.43 Å². The number of aromatic nitrogens is 2. The predicted octanol–water partition coefficient (Wildman–Crippen LogP) is 2.91. The largest absolute Gasteiger partial charge is 0.382 e. The Hall–Kier alpha value is -2.11. The molecule has 0 spiro atoms. The Balaban J connectivity index is 2.53. The number of hydrogen-bond acceptors (Lipinski definition) is 3. The molecule has 4 nitrogen and oxygen atoms in total. The van der Waals surface area contributed by atoms with Crippen LogP contribution in [-0.4, -0.2) is 9.66 Å². The quantitative estimate of drug-likeness (QED) is 0.839. The highest BCUT2D eigenvalue weighted by Gasteiger charge is 2.17. The van der Waals surface area contributed by atoms with Crippen molar-refractivity contribution in [2.45, 2.75) is 26.2 Å². The second-order valence-electron chi connectivity index (χ2n) is 4.65. The van der Waals surface area contributed by atoms with Gasteiger partial charge in [0, 0.05) is 17.0 Å². The number of halogens is 2. The smallest absolute Gasteiger partial charge is 0.263 e. The van der Waals surface area contributed by atoms with Gasteiger partial charge in [0.05, 0.1) is 0 Å². The Bertz CT molecular complexity index is 590. The zero-order valence-corrected chi connectivity index (χ0v) is 10.8. The van der Waals surface area contributed by atoms with Crippen molar-refractivity contribution in [3.8, 4) is 11.3 Å². The molecule has 0 fully saturated rings. The maximum Gasteiger partial charge on any atom is 0.263 e. The number of nitrogens with zero attached hydrogens (tertiary/aromatic N) is 2. The molecule has 0 unspecified atom stereocenters. The highest BCUT2D eigenvalue weighted by atomic mass is 19.3. The van der Waals surface area contributed by atoms with Crippen LogP contribution in [-0.2, 0) is 0 Å². The Morgan fingerprint density at radius 1 is 1.26 bits per heavy atom. The Morgan fingerprint density at radius 3 is 2.47 bits per heavy atom. The van der Waals surface area contributed by atoms with E-state index in [2.05, 4.69) is 4.98 Å². The first-order valence-corrected chi connectivity index (χ1v) is 5.93. The summed E-state index contributed by atoms with van der Waals surface area (Å²) in [4.78, 5) is 4.35. The van der Waals surface area contributed by atoms with E-state index in [0.29, 0.717) is 17.1 Å². The second kappa shape index (κ2) is 4.87. The number of hydrogen-bond donors (Lipinski definition) is 2. The van der Waals surface area contributed by atoms with E-state index in [1.165, 1.54) is 16.8 Å². The van der Waals surface area contributed by atoms with Gasteiger partial charge in [0.2, 0.25) is 0 Å². The van der Waals surface area contributed by atoms with Crippen molar-refractivity contribution in [1.82, 2.24) is 9.66 Å². The number of anilines is 1. The standard InChI is InChI=1S/C13H16F2N4/c1-7(2)13-18-10(12(16)19(13)17)8-4-3-5-9(6-8)11(14)15/h3-7,11H,16-17H2,1-2H3. The summed E-state index contributed by atoms with van der Waals surface area (Å²) in [6.45, 7) is 3.87. The molecule has 0 aliphatic carbocycles. The molecule has 0 radical (unpaired) electrons. The van der Waals surface area contributed by atoms with Crippen molar-refractivity contribution in [3.63, 3.8) is 0 Å². The van der Waals surface area contributed by atoms with E-state index in [0.717, 1.165) is 0 Å². The van der Waals surface area contributed by atoms with Crippen molar-refractivity contribution in [3.05, 3.63) is 35.7 Å². The lowest BCUT2D eigenvalue weighted by atomic mass is 10.1. The molecule has 6 heteroatoms. The van der Waals surface area contributed by atoms with Crippen LogP contribution >= 0.6 is 0 Å². The van der Waals surface area contributed by atoms with Crippen LogP contribution in [0, 0.1) is 0 Å². The number of nitrogen functional groups attached to an aromatic ring is 2. The van der Waals surface area contributed by atoms with E-state index < -0.39 is 6.43 Å². The van der Waals surface area contributed by atoms with Crippen LogP contribution in [0.3, 0.4) is 0 Å². The van der Waals surface area contributed by atoms with Gasteiger partial charge in [-0.05, 0) is 6.07 Å². The zero-order valence-electron chi connectivity index (χ0n) is 10.8. The van der Waals surface area contributed by atoms with Crippen molar-refractivity contribution in [2.24, 2.45) is 0 Å². The van der Waals surface area contributed by atoms with Gasteiger partial charge in [-0.15, -0.1) is 0 Å². The summed E-state index contributed by atoms with van der Waals surface area (Å²) in [5, 5.41) is 0. The molecule has 0 atom stereocenters. The maximum atomic E-state index is 12.7. The number of benzene rings is 1. The Kier molecular flexibility index (Phi) is 3.42. The molecule has 2 aromatic rings. The van der Waals surface area contributed by atoms with Crippen LogP contribution < -0.4 is 11.6 Å². The topological polar surface area (TPSA) is 69.9 Å². The maximum absolute atomic E-state index is 12.7. The Labute approximate surface area is 110 Å². The lowest BCUT2D eigenvalue weighted by molar-refractivity contribution is 0.151. The molecular formula is C13H16F2N4. The van der Waals surface area contributed by atoms with Gasteiger partial charge >= 0.3 is 0 Å². The molecule has 1 aromatic heterocycles. The van der Waals surface area contributed by atoms with Crippen LogP contribution in [0.25, 0.3) is 11.3 Å². The first-order chi connectivity index (χ1) is 8.91. The fourth-order valence-corrected chi connectivity index (χ4v) is 1.90. The van der Waals surface area contributed by atoms with Gasteiger partial charge in [-0.25, -0.2) is 18.4 Å². The third kappa shape index (κ3) is 2.38. The molecule has 2 rings (SSSR count). The molecule has 0 aliphatic rings. The van der Waals surface area contributed by atoms with Gasteiger partial charge in [0.15, 0.2) is 5.82 Å². The van der Waals surface area contributed by atoms with Crippen molar-refractivity contribution in [1.29, 1.82) is 0 Å². The normalized spacial score (nSPS) is 11.5. The average Bonchev–Trinajstić information content (AvgIpc) is 2.67. The predicted molar refractivity (Wildman–Crippen MR) is 71.3 cm³/mol. The summed E-state index contributed by atoms with van der Waals surface area (Å²) in [5.74, 6) is 6.81. The number of alkyl halides is 2. The van der Waals surface area contributed by atoms with Gasteiger partial charge in [0.1, 0.15) is 11.5 Å². The first kappa shape index (κ1) is 13.3. The molecule has 1 heterocycles. The first-order valence-electron chi connectivity index (χ1n) is 5.93. The fraction of sp³-hybridized carbons (Fsp3) is 0.308. The van der Waals surface area contributed by atoms with Crippen LogP contribution in [0.15, 0.2) is 24.3 Å². The lowest BCUT2D eigenvalue weighted by Gasteiger charge is -2.04. The average molecular weight is 266 g/mol. The van der Waals surface area contributed by atoms with Crippen molar-refractivity contribution in [2.75, 3.05) is 11.6 Å². The third-order valence-electron chi connectivity index (χ3n) is 2.90. The molecule has 0 saturated carbocycles. The van der Waals surface area contributed by atoms with Gasteiger partial charge in [-0.1, -0.05) is 32.0 Å².